The molecule has 2 aromatic rings. The third-order valence-corrected chi connectivity index (χ3v) is 4.98. The Morgan fingerprint density at radius 2 is 1.71 bits per heavy atom. The molecule has 0 saturated heterocycles. The average Bonchev–Trinajstić information content (AvgIpc) is 2.81. The van der Waals surface area contributed by atoms with E-state index in [9.17, 15) is 19.5 Å². The third kappa shape index (κ3) is 7.47. The minimum Gasteiger partial charge on any atom is -0.503 e. The number of benzene rings is 1. The molecule has 0 aliphatic heterocycles. The summed E-state index contributed by atoms with van der Waals surface area (Å²) in [4.78, 5) is 42.1. The lowest BCUT2D eigenvalue weighted by molar-refractivity contribution is -0.160. The molecule has 0 saturated carbocycles. The Morgan fingerprint density at radius 1 is 1.03 bits per heavy atom. The van der Waals surface area contributed by atoms with E-state index in [2.05, 4.69) is 10.3 Å². The molecular formula is C25H32N2O7. The van der Waals surface area contributed by atoms with Crippen molar-refractivity contribution in [3.8, 4) is 11.5 Å². The van der Waals surface area contributed by atoms with Gasteiger partial charge in [-0.3, -0.25) is 9.59 Å². The zero-order valence-corrected chi connectivity index (χ0v) is 20.1. The maximum absolute atomic E-state index is 12.8. The van der Waals surface area contributed by atoms with Crippen LogP contribution < -0.4 is 10.1 Å². The predicted octanol–water partition coefficient (Wildman–Crippen LogP) is 2.90. The summed E-state index contributed by atoms with van der Waals surface area (Å²) in [5, 5.41) is 12.7. The van der Waals surface area contributed by atoms with Gasteiger partial charge in [-0.25, -0.2) is 9.78 Å². The lowest BCUT2D eigenvalue weighted by Gasteiger charge is -2.25. The molecule has 0 fully saturated rings. The standard InChI is InChI=1S/C25H32N2O7/c1-15(2)14-33-25(31)20(27-23(29)21-22(28)19(32-5)11-12-26-21)17(4)34-24(30)16(3)13-18-9-7-6-8-10-18/h6-12,15-17,20,28H,13-14H2,1-5H3,(H,27,29). The number of aromatic hydroxyl groups is 1. The molecule has 0 radical (unpaired) electrons. The van der Waals surface area contributed by atoms with E-state index in [4.69, 9.17) is 14.2 Å². The summed E-state index contributed by atoms with van der Waals surface area (Å²) in [5.41, 5.74) is 0.636. The maximum Gasteiger partial charge on any atom is 0.332 e. The highest BCUT2D eigenvalue weighted by Crippen LogP contribution is 2.27. The van der Waals surface area contributed by atoms with Gasteiger partial charge >= 0.3 is 11.9 Å². The van der Waals surface area contributed by atoms with Crippen molar-refractivity contribution in [2.24, 2.45) is 11.8 Å². The lowest BCUT2D eigenvalue weighted by Crippen LogP contribution is -2.50. The van der Waals surface area contributed by atoms with Crippen molar-refractivity contribution in [2.45, 2.75) is 46.3 Å². The number of rotatable bonds is 11. The van der Waals surface area contributed by atoms with Gasteiger partial charge in [-0.1, -0.05) is 51.1 Å². The molecule has 0 aliphatic rings. The number of hydrogen-bond donors (Lipinski definition) is 2. The molecule has 0 spiro atoms. The average molecular weight is 473 g/mol. The topological polar surface area (TPSA) is 124 Å². The molecule has 2 rings (SSSR count). The number of nitrogens with one attached hydrogen (secondary N) is 1. The van der Waals surface area contributed by atoms with E-state index in [1.54, 1.807) is 6.92 Å². The number of hydrogen-bond acceptors (Lipinski definition) is 8. The first-order valence-corrected chi connectivity index (χ1v) is 11.1. The van der Waals surface area contributed by atoms with Gasteiger partial charge in [0.15, 0.2) is 23.2 Å². The van der Waals surface area contributed by atoms with Crippen LogP contribution >= 0.6 is 0 Å². The Bertz CT molecular complexity index is 978. The van der Waals surface area contributed by atoms with Crippen molar-refractivity contribution in [1.29, 1.82) is 0 Å². The fourth-order valence-electron chi connectivity index (χ4n) is 3.10. The first-order valence-electron chi connectivity index (χ1n) is 11.1. The smallest absolute Gasteiger partial charge is 0.332 e. The molecule has 1 amide bonds. The second-order valence-electron chi connectivity index (χ2n) is 8.42. The van der Waals surface area contributed by atoms with Crippen LogP contribution in [0.25, 0.3) is 0 Å². The van der Waals surface area contributed by atoms with Crippen LogP contribution in [0.3, 0.4) is 0 Å². The Hall–Kier alpha value is -3.62. The zero-order valence-electron chi connectivity index (χ0n) is 20.1. The van der Waals surface area contributed by atoms with Gasteiger partial charge < -0.3 is 24.6 Å². The second-order valence-corrected chi connectivity index (χ2v) is 8.42. The summed E-state index contributed by atoms with van der Waals surface area (Å²) in [5.74, 6) is -2.96. The number of methoxy groups -OCH3 is 1. The number of ether oxygens (including phenoxy) is 3. The van der Waals surface area contributed by atoms with E-state index in [1.807, 2.05) is 44.2 Å². The van der Waals surface area contributed by atoms with Crippen molar-refractivity contribution < 1.29 is 33.7 Å². The Balaban J connectivity index is 2.16. The molecule has 1 heterocycles. The molecule has 2 N–H and O–H groups in total. The van der Waals surface area contributed by atoms with E-state index in [1.165, 1.54) is 26.3 Å². The highest BCUT2D eigenvalue weighted by atomic mass is 16.6. The van der Waals surface area contributed by atoms with Gasteiger partial charge in [0.05, 0.1) is 19.6 Å². The van der Waals surface area contributed by atoms with Crippen LogP contribution in [-0.4, -0.2) is 53.8 Å². The lowest BCUT2D eigenvalue weighted by atomic mass is 10.0. The fraction of sp³-hybridized carbons (Fsp3) is 0.440. The molecule has 0 bridgehead atoms. The first-order chi connectivity index (χ1) is 16.1. The third-order valence-electron chi connectivity index (χ3n) is 4.98. The van der Waals surface area contributed by atoms with Gasteiger partial charge in [0, 0.05) is 12.3 Å². The van der Waals surface area contributed by atoms with Gasteiger partial charge in [-0.2, -0.15) is 0 Å². The zero-order chi connectivity index (χ0) is 25.3. The molecular weight excluding hydrogens is 440 g/mol. The van der Waals surface area contributed by atoms with E-state index in [0.29, 0.717) is 6.42 Å². The van der Waals surface area contributed by atoms with E-state index >= 15 is 0 Å². The molecule has 1 aromatic heterocycles. The van der Waals surface area contributed by atoms with Crippen LogP contribution in [0.1, 0.15) is 43.7 Å². The van der Waals surface area contributed by atoms with Gasteiger partial charge in [-0.05, 0) is 24.8 Å². The first kappa shape index (κ1) is 26.6. The van der Waals surface area contributed by atoms with Crippen LogP contribution in [0.15, 0.2) is 42.6 Å². The number of carbonyl (C=O) groups is 3. The Morgan fingerprint density at radius 3 is 2.32 bits per heavy atom. The molecule has 1 aromatic carbocycles. The van der Waals surface area contributed by atoms with Gasteiger partial charge in [-0.15, -0.1) is 0 Å². The van der Waals surface area contributed by atoms with Gasteiger partial charge in [0.1, 0.15) is 6.10 Å². The largest absolute Gasteiger partial charge is 0.503 e. The molecule has 9 nitrogen and oxygen atoms in total. The summed E-state index contributed by atoms with van der Waals surface area (Å²) in [6.45, 7) is 7.08. The number of nitrogens with zero attached hydrogens (tertiary/aromatic N) is 1. The molecule has 0 aliphatic carbocycles. The van der Waals surface area contributed by atoms with Crippen molar-refractivity contribution >= 4 is 17.8 Å². The van der Waals surface area contributed by atoms with Crippen LogP contribution in [0, 0.1) is 11.8 Å². The minimum absolute atomic E-state index is 0.0493. The van der Waals surface area contributed by atoms with Gasteiger partial charge in [0.2, 0.25) is 0 Å². The SMILES string of the molecule is COc1ccnc(C(=O)NC(C(=O)OCC(C)C)C(C)OC(=O)C(C)Cc2ccccc2)c1O. The number of esters is 2. The highest BCUT2D eigenvalue weighted by Gasteiger charge is 2.34. The quantitative estimate of drug-likeness (QED) is 0.479. The number of amides is 1. The summed E-state index contributed by atoms with van der Waals surface area (Å²) in [6, 6.07) is 9.55. The van der Waals surface area contributed by atoms with Crippen LogP contribution in [0.5, 0.6) is 11.5 Å². The van der Waals surface area contributed by atoms with Crippen molar-refractivity contribution in [2.75, 3.05) is 13.7 Å². The summed E-state index contributed by atoms with van der Waals surface area (Å²) in [7, 11) is 1.33. The van der Waals surface area contributed by atoms with Gasteiger partial charge in [0.25, 0.3) is 5.91 Å². The monoisotopic (exact) mass is 472 g/mol. The van der Waals surface area contributed by atoms with Crippen LogP contribution in [0.4, 0.5) is 0 Å². The summed E-state index contributed by atoms with van der Waals surface area (Å²) in [6.07, 6.45) is 0.707. The number of carbonyl (C=O) groups excluding carboxylic acids is 3. The minimum atomic E-state index is -1.31. The Labute approximate surface area is 199 Å². The summed E-state index contributed by atoms with van der Waals surface area (Å²) < 4.78 is 15.8. The summed E-state index contributed by atoms with van der Waals surface area (Å²) >= 11 is 0. The second kappa shape index (κ2) is 12.6. The van der Waals surface area contributed by atoms with Crippen LogP contribution in [0.2, 0.25) is 0 Å². The predicted molar refractivity (Wildman–Crippen MR) is 124 cm³/mol. The van der Waals surface area contributed by atoms with E-state index < -0.39 is 41.7 Å². The van der Waals surface area contributed by atoms with Crippen molar-refractivity contribution in [1.82, 2.24) is 10.3 Å². The Kier molecular flexibility index (Phi) is 9.85. The molecule has 3 unspecified atom stereocenters. The number of aromatic nitrogens is 1. The van der Waals surface area contributed by atoms with E-state index in [-0.39, 0.29) is 24.0 Å². The number of pyridine rings is 1. The normalized spacial score (nSPS) is 13.5. The molecule has 9 heteroatoms. The highest BCUT2D eigenvalue weighted by molar-refractivity contribution is 5.98. The van der Waals surface area contributed by atoms with Crippen molar-refractivity contribution in [3.05, 3.63) is 53.9 Å². The molecule has 34 heavy (non-hydrogen) atoms. The maximum atomic E-state index is 12.8. The van der Waals surface area contributed by atoms with Crippen molar-refractivity contribution in [3.63, 3.8) is 0 Å². The van der Waals surface area contributed by atoms with Crippen LogP contribution in [-0.2, 0) is 25.5 Å². The molecule has 3 atom stereocenters. The fourth-order valence-corrected chi connectivity index (χ4v) is 3.10. The molecule has 184 valence electrons. The van der Waals surface area contributed by atoms with E-state index in [0.717, 1.165) is 5.56 Å².